The number of carboxylic acid groups (broad SMARTS) is 1. The molecule has 0 radical (unpaired) electrons. The molecule has 7 nitrogen and oxygen atoms in total. The minimum atomic E-state index is -3.89. The van der Waals surface area contributed by atoms with Gasteiger partial charge in [0.15, 0.2) is 5.03 Å². The SMILES string of the molecule is CC(C)C[C@@H](NS(=O)(=O)c1cn(C)cn1)C(=O)O. The summed E-state index contributed by atoms with van der Waals surface area (Å²) in [5, 5.41) is 8.80. The molecular weight excluding hydrogens is 258 g/mol. The van der Waals surface area contributed by atoms with E-state index >= 15 is 0 Å². The molecule has 0 aliphatic carbocycles. The molecule has 0 amide bonds. The van der Waals surface area contributed by atoms with E-state index in [4.69, 9.17) is 5.11 Å². The summed E-state index contributed by atoms with van der Waals surface area (Å²) in [5.41, 5.74) is 0. The molecule has 1 heterocycles. The lowest BCUT2D eigenvalue weighted by molar-refractivity contribution is -0.139. The van der Waals surface area contributed by atoms with Crippen molar-refractivity contribution in [1.82, 2.24) is 14.3 Å². The van der Waals surface area contributed by atoms with Crippen LogP contribution in [0, 0.1) is 5.92 Å². The average molecular weight is 275 g/mol. The summed E-state index contributed by atoms with van der Waals surface area (Å²) < 4.78 is 27.4. The largest absolute Gasteiger partial charge is 0.480 e. The predicted octanol–water partition coefficient (Wildman–Crippen LogP) is 0.198. The first kappa shape index (κ1) is 14.7. The van der Waals surface area contributed by atoms with Crippen molar-refractivity contribution in [2.45, 2.75) is 31.3 Å². The van der Waals surface area contributed by atoms with E-state index in [0.29, 0.717) is 0 Å². The smallest absolute Gasteiger partial charge is 0.321 e. The molecule has 8 heteroatoms. The molecule has 0 bridgehead atoms. The normalized spacial score (nSPS) is 13.8. The molecule has 102 valence electrons. The zero-order valence-electron chi connectivity index (χ0n) is 10.5. The van der Waals surface area contributed by atoms with Gasteiger partial charge < -0.3 is 9.67 Å². The van der Waals surface area contributed by atoms with Gasteiger partial charge in [0.25, 0.3) is 10.0 Å². The molecule has 2 N–H and O–H groups in total. The molecule has 0 unspecified atom stereocenters. The number of hydrogen-bond acceptors (Lipinski definition) is 4. The van der Waals surface area contributed by atoms with E-state index in [2.05, 4.69) is 9.71 Å². The first-order valence-electron chi connectivity index (χ1n) is 5.45. The zero-order chi connectivity index (χ0) is 13.9. The van der Waals surface area contributed by atoms with E-state index < -0.39 is 22.0 Å². The Morgan fingerprint density at radius 2 is 2.17 bits per heavy atom. The quantitative estimate of drug-likeness (QED) is 0.772. The van der Waals surface area contributed by atoms with Crippen LogP contribution in [0.1, 0.15) is 20.3 Å². The van der Waals surface area contributed by atoms with Crippen LogP contribution in [0.25, 0.3) is 0 Å². The van der Waals surface area contributed by atoms with Gasteiger partial charge in [-0.3, -0.25) is 4.79 Å². The second kappa shape index (κ2) is 5.49. The highest BCUT2D eigenvalue weighted by molar-refractivity contribution is 7.89. The first-order chi connectivity index (χ1) is 8.22. The second-order valence-corrected chi connectivity index (χ2v) is 6.18. The van der Waals surface area contributed by atoms with Crippen molar-refractivity contribution in [3.8, 4) is 0 Å². The van der Waals surface area contributed by atoms with Crippen molar-refractivity contribution in [3.63, 3.8) is 0 Å². The number of carboxylic acids is 1. The summed E-state index contributed by atoms with van der Waals surface area (Å²) in [7, 11) is -2.26. The van der Waals surface area contributed by atoms with Crippen LogP contribution >= 0.6 is 0 Å². The Bertz CT molecular complexity index is 521. The Kier molecular flexibility index (Phi) is 4.47. The summed E-state index contributed by atoms with van der Waals surface area (Å²) in [4.78, 5) is 14.7. The van der Waals surface area contributed by atoms with Gasteiger partial charge in [-0.2, -0.15) is 4.72 Å². The Balaban J connectivity index is 2.89. The summed E-state index contributed by atoms with van der Waals surface area (Å²) >= 11 is 0. The van der Waals surface area contributed by atoms with Crippen molar-refractivity contribution >= 4 is 16.0 Å². The number of nitrogens with one attached hydrogen (secondary N) is 1. The molecule has 1 aromatic heterocycles. The van der Waals surface area contributed by atoms with Crippen LogP contribution < -0.4 is 4.72 Å². The maximum Gasteiger partial charge on any atom is 0.321 e. The van der Waals surface area contributed by atoms with Gasteiger partial charge in [0.05, 0.1) is 6.33 Å². The highest BCUT2D eigenvalue weighted by Crippen LogP contribution is 2.10. The monoisotopic (exact) mass is 275 g/mol. The van der Waals surface area contributed by atoms with Gasteiger partial charge in [0.2, 0.25) is 0 Å². The number of aryl methyl sites for hydroxylation is 1. The Morgan fingerprint density at radius 1 is 1.56 bits per heavy atom. The fraction of sp³-hybridized carbons (Fsp3) is 0.600. The third kappa shape index (κ3) is 3.81. The van der Waals surface area contributed by atoms with E-state index in [1.54, 1.807) is 7.05 Å². The number of imidazole rings is 1. The van der Waals surface area contributed by atoms with Gasteiger partial charge in [-0.25, -0.2) is 13.4 Å². The lowest BCUT2D eigenvalue weighted by atomic mass is 10.1. The Hall–Kier alpha value is -1.41. The maximum absolute atomic E-state index is 11.9. The second-order valence-electron chi connectivity index (χ2n) is 4.52. The minimum absolute atomic E-state index is 0.0672. The molecule has 1 aromatic rings. The number of rotatable bonds is 6. The van der Waals surface area contributed by atoms with Gasteiger partial charge in [-0.1, -0.05) is 13.8 Å². The van der Waals surface area contributed by atoms with Crippen LogP contribution in [0.3, 0.4) is 0 Å². The van der Waals surface area contributed by atoms with Crippen LogP contribution in [0.5, 0.6) is 0 Å². The van der Waals surface area contributed by atoms with Gasteiger partial charge in [0, 0.05) is 13.2 Å². The van der Waals surface area contributed by atoms with Crippen LogP contribution in [0.2, 0.25) is 0 Å². The van der Waals surface area contributed by atoms with Crippen LogP contribution in [-0.4, -0.2) is 35.1 Å². The van der Waals surface area contributed by atoms with Crippen LogP contribution in [0.4, 0.5) is 0 Å². The zero-order valence-corrected chi connectivity index (χ0v) is 11.3. The molecule has 0 saturated carbocycles. The third-order valence-corrected chi connectivity index (χ3v) is 3.62. The number of aliphatic carboxylic acids is 1. The summed E-state index contributed by atoms with van der Waals surface area (Å²) in [6.45, 7) is 3.65. The number of sulfonamides is 1. The average Bonchev–Trinajstić information content (AvgIpc) is 2.63. The topological polar surface area (TPSA) is 101 Å². The molecule has 0 spiro atoms. The van der Waals surface area contributed by atoms with Gasteiger partial charge in [-0.15, -0.1) is 0 Å². The molecule has 0 saturated heterocycles. The highest BCUT2D eigenvalue weighted by Gasteiger charge is 2.27. The number of carbonyl (C=O) groups is 1. The van der Waals surface area contributed by atoms with E-state index in [1.165, 1.54) is 17.1 Å². The number of nitrogens with zero attached hydrogens (tertiary/aromatic N) is 2. The van der Waals surface area contributed by atoms with Crippen LogP contribution in [-0.2, 0) is 21.9 Å². The third-order valence-electron chi connectivity index (χ3n) is 2.26. The standard InChI is InChI=1S/C10H17N3O4S/c1-7(2)4-8(10(14)15)12-18(16,17)9-5-13(3)6-11-9/h5-8,12H,4H2,1-3H3,(H,14,15)/t8-/m1/s1. The van der Waals surface area contributed by atoms with Gasteiger partial charge in [0.1, 0.15) is 6.04 Å². The fourth-order valence-corrected chi connectivity index (χ4v) is 2.63. The Labute approximate surface area is 106 Å². The van der Waals surface area contributed by atoms with Crippen molar-refractivity contribution in [2.75, 3.05) is 0 Å². The molecule has 0 fully saturated rings. The van der Waals surface area contributed by atoms with Crippen molar-refractivity contribution < 1.29 is 18.3 Å². The van der Waals surface area contributed by atoms with Crippen molar-refractivity contribution in [2.24, 2.45) is 13.0 Å². The van der Waals surface area contributed by atoms with E-state index in [1.807, 2.05) is 13.8 Å². The van der Waals surface area contributed by atoms with E-state index in [-0.39, 0.29) is 17.4 Å². The molecule has 0 aliphatic rings. The molecule has 1 atom stereocenters. The summed E-state index contributed by atoms with van der Waals surface area (Å²) in [6.07, 6.45) is 2.88. The number of hydrogen-bond donors (Lipinski definition) is 2. The molecule has 0 aromatic carbocycles. The van der Waals surface area contributed by atoms with Crippen molar-refractivity contribution in [1.29, 1.82) is 0 Å². The molecule has 1 rings (SSSR count). The number of aromatic nitrogens is 2. The van der Waals surface area contributed by atoms with Gasteiger partial charge in [-0.05, 0) is 12.3 Å². The van der Waals surface area contributed by atoms with E-state index in [9.17, 15) is 13.2 Å². The lowest BCUT2D eigenvalue weighted by Gasteiger charge is -2.15. The minimum Gasteiger partial charge on any atom is -0.480 e. The molecule has 0 aliphatic heterocycles. The van der Waals surface area contributed by atoms with Crippen LogP contribution in [0.15, 0.2) is 17.6 Å². The molecule has 18 heavy (non-hydrogen) atoms. The Morgan fingerprint density at radius 3 is 2.56 bits per heavy atom. The summed E-state index contributed by atoms with van der Waals surface area (Å²) in [6, 6.07) is -1.14. The summed E-state index contributed by atoms with van der Waals surface area (Å²) in [5.74, 6) is -1.12. The molecular formula is C10H17N3O4S. The maximum atomic E-state index is 11.9. The predicted molar refractivity (Wildman–Crippen MR) is 64.4 cm³/mol. The van der Waals surface area contributed by atoms with Crippen molar-refractivity contribution in [3.05, 3.63) is 12.5 Å². The lowest BCUT2D eigenvalue weighted by Crippen LogP contribution is -2.41. The highest BCUT2D eigenvalue weighted by atomic mass is 32.2. The fourth-order valence-electron chi connectivity index (χ4n) is 1.45. The first-order valence-corrected chi connectivity index (χ1v) is 6.94. The van der Waals surface area contributed by atoms with E-state index in [0.717, 1.165) is 0 Å². The van der Waals surface area contributed by atoms with Gasteiger partial charge >= 0.3 is 5.97 Å².